The standard InChI is InChI=1S/C25H24N4O2/c1-28-11-13-29(14-12-28)25(31)17-7-8-19-21(15-17)27-23-20(24(26)30)10-9-18(22(19)23)16-5-3-2-4-6-16/h2-10,15,27H,11-14H2,1H3,(H2,26,30). The van der Waals surface area contributed by atoms with Gasteiger partial charge in [-0.25, -0.2) is 0 Å². The molecule has 0 radical (unpaired) electrons. The second-order valence-electron chi connectivity index (χ2n) is 8.12. The Hall–Kier alpha value is -3.64. The Bertz CT molecular complexity index is 1300. The van der Waals surface area contributed by atoms with Crippen molar-refractivity contribution in [3.8, 4) is 11.1 Å². The second kappa shape index (κ2) is 7.56. The smallest absolute Gasteiger partial charge is 0.254 e. The van der Waals surface area contributed by atoms with Crippen LogP contribution in [-0.4, -0.2) is 59.8 Å². The molecular weight excluding hydrogens is 388 g/mol. The third-order valence-electron chi connectivity index (χ3n) is 6.14. The maximum absolute atomic E-state index is 13.0. The third kappa shape index (κ3) is 3.35. The van der Waals surface area contributed by atoms with Crippen LogP contribution < -0.4 is 5.73 Å². The number of primary amides is 1. The number of piperazine rings is 1. The van der Waals surface area contributed by atoms with Gasteiger partial charge in [0.25, 0.3) is 11.8 Å². The molecule has 2 amide bonds. The van der Waals surface area contributed by atoms with E-state index in [-0.39, 0.29) is 5.91 Å². The number of rotatable bonds is 3. The van der Waals surface area contributed by atoms with Crippen LogP contribution in [0.15, 0.2) is 60.7 Å². The maximum atomic E-state index is 13.0. The SMILES string of the molecule is CN1CCN(C(=O)c2ccc3c(c2)[nH]c2c(C(N)=O)ccc(-c4ccccc4)c23)CC1. The molecule has 3 N–H and O–H groups in total. The number of H-pyrrole nitrogens is 1. The first-order chi connectivity index (χ1) is 15.0. The van der Waals surface area contributed by atoms with Crippen molar-refractivity contribution in [2.45, 2.75) is 0 Å². The van der Waals surface area contributed by atoms with E-state index in [0.29, 0.717) is 16.6 Å². The Balaban J connectivity index is 1.66. The molecule has 6 nitrogen and oxygen atoms in total. The van der Waals surface area contributed by atoms with Crippen molar-refractivity contribution >= 4 is 33.6 Å². The molecule has 1 aliphatic heterocycles. The molecule has 0 unspecified atom stereocenters. The topological polar surface area (TPSA) is 82.4 Å². The number of carbonyl (C=O) groups excluding carboxylic acids is 2. The van der Waals surface area contributed by atoms with E-state index in [1.165, 1.54) is 0 Å². The lowest BCUT2D eigenvalue weighted by Gasteiger charge is -2.32. The molecule has 4 aromatic rings. The second-order valence-corrected chi connectivity index (χ2v) is 8.12. The largest absolute Gasteiger partial charge is 0.366 e. The highest BCUT2D eigenvalue weighted by Gasteiger charge is 2.22. The quantitative estimate of drug-likeness (QED) is 0.541. The van der Waals surface area contributed by atoms with E-state index in [0.717, 1.165) is 53.6 Å². The molecule has 5 rings (SSSR count). The van der Waals surface area contributed by atoms with Gasteiger partial charge in [0.2, 0.25) is 0 Å². The number of nitrogens with zero attached hydrogens (tertiary/aromatic N) is 2. The van der Waals surface area contributed by atoms with Crippen LogP contribution in [0.2, 0.25) is 0 Å². The molecule has 1 fully saturated rings. The van der Waals surface area contributed by atoms with Gasteiger partial charge in [-0.15, -0.1) is 0 Å². The Morgan fingerprint density at radius 1 is 0.935 bits per heavy atom. The summed E-state index contributed by atoms with van der Waals surface area (Å²) in [6.07, 6.45) is 0. The molecule has 1 aliphatic rings. The number of carbonyl (C=O) groups is 2. The summed E-state index contributed by atoms with van der Waals surface area (Å²) in [6.45, 7) is 3.21. The minimum Gasteiger partial charge on any atom is -0.366 e. The summed E-state index contributed by atoms with van der Waals surface area (Å²) < 4.78 is 0. The van der Waals surface area contributed by atoms with Gasteiger partial charge in [-0.05, 0) is 36.4 Å². The maximum Gasteiger partial charge on any atom is 0.254 e. The zero-order valence-electron chi connectivity index (χ0n) is 17.4. The number of hydrogen-bond acceptors (Lipinski definition) is 3. The van der Waals surface area contributed by atoms with Crippen LogP contribution in [0, 0.1) is 0 Å². The first kappa shape index (κ1) is 19.3. The molecule has 6 heteroatoms. The summed E-state index contributed by atoms with van der Waals surface area (Å²) in [7, 11) is 2.07. The van der Waals surface area contributed by atoms with E-state index in [4.69, 9.17) is 5.73 Å². The number of amides is 2. The number of fused-ring (bicyclic) bond motifs is 3. The number of nitrogens with two attached hydrogens (primary N) is 1. The van der Waals surface area contributed by atoms with Gasteiger partial charge in [0.05, 0.1) is 11.1 Å². The molecule has 0 saturated carbocycles. The fourth-order valence-corrected chi connectivity index (χ4v) is 4.40. The number of nitrogens with one attached hydrogen (secondary N) is 1. The minimum atomic E-state index is -0.482. The van der Waals surface area contributed by atoms with Crippen molar-refractivity contribution < 1.29 is 9.59 Å². The van der Waals surface area contributed by atoms with E-state index in [9.17, 15) is 9.59 Å². The van der Waals surface area contributed by atoms with Gasteiger partial charge in [-0.2, -0.15) is 0 Å². The number of likely N-dealkylation sites (N-methyl/N-ethyl adjacent to an activating group) is 1. The monoisotopic (exact) mass is 412 g/mol. The van der Waals surface area contributed by atoms with E-state index < -0.39 is 5.91 Å². The average molecular weight is 412 g/mol. The summed E-state index contributed by atoms with van der Waals surface area (Å²) in [5.74, 6) is -0.447. The Kier molecular flexibility index (Phi) is 4.71. The normalized spacial score (nSPS) is 14.9. The highest BCUT2D eigenvalue weighted by atomic mass is 16.2. The third-order valence-corrected chi connectivity index (χ3v) is 6.14. The average Bonchev–Trinajstić information content (AvgIpc) is 3.17. The molecule has 156 valence electrons. The fourth-order valence-electron chi connectivity index (χ4n) is 4.40. The number of benzene rings is 3. The molecular formula is C25H24N4O2. The Morgan fingerprint density at radius 2 is 1.68 bits per heavy atom. The molecule has 1 aromatic heterocycles. The van der Waals surface area contributed by atoms with Crippen molar-refractivity contribution in [2.75, 3.05) is 33.2 Å². The lowest BCUT2D eigenvalue weighted by atomic mass is 9.96. The van der Waals surface area contributed by atoms with E-state index in [2.05, 4.69) is 16.9 Å². The fraction of sp³-hybridized carbons (Fsp3) is 0.200. The van der Waals surface area contributed by atoms with Crippen molar-refractivity contribution in [3.63, 3.8) is 0 Å². The first-order valence-corrected chi connectivity index (χ1v) is 10.4. The number of hydrogen-bond donors (Lipinski definition) is 2. The van der Waals surface area contributed by atoms with Gasteiger partial charge < -0.3 is 20.5 Å². The van der Waals surface area contributed by atoms with E-state index >= 15 is 0 Å². The highest BCUT2D eigenvalue weighted by molar-refractivity contribution is 6.20. The summed E-state index contributed by atoms with van der Waals surface area (Å²) in [5, 5.41) is 1.91. The molecule has 2 heterocycles. The predicted molar refractivity (Wildman–Crippen MR) is 123 cm³/mol. The highest BCUT2D eigenvalue weighted by Crippen LogP contribution is 2.36. The van der Waals surface area contributed by atoms with E-state index in [1.807, 2.05) is 59.5 Å². The Labute approximate surface area is 180 Å². The van der Waals surface area contributed by atoms with Crippen molar-refractivity contribution in [1.29, 1.82) is 0 Å². The molecule has 0 bridgehead atoms. The van der Waals surface area contributed by atoms with Crippen LogP contribution in [0.4, 0.5) is 0 Å². The zero-order valence-corrected chi connectivity index (χ0v) is 17.4. The number of aromatic nitrogens is 1. The summed E-state index contributed by atoms with van der Waals surface area (Å²) >= 11 is 0. The van der Waals surface area contributed by atoms with Gasteiger partial charge in [0, 0.05) is 48.0 Å². The van der Waals surface area contributed by atoms with Crippen LogP contribution in [0.1, 0.15) is 20.7 Å². The zero-order chi connectivity index (χ0) is 21.5. The van der Waals surface area contributed by atoms with Gasteiger partial charge >= 0.3 is 0 Å². The summed E-state index contributed by atoms with van der Waals surface area (Å²) in [5.41, 5.74) is 10.3. The molecule has 0 atom stereocenters. The van der Waals surface area contributed by atoms with Crippen LogP contribution in [0.25, 0.3) is 32.9 Å². The predicted octanol–water partition coefficient (Wildman–Crippen LogP) is 3.47. The van der Waals surface area contributed by atoms with Crippen LogP contribution in [-0.2, 0) is 0 Å². The summed E-state index contributed by atoms with van der Waals surface area (Å²) in [6, 6.07) is 19.5. The van der Waals surface area contributed by atoms with Crippen molar-refractivity contribution in [1.82, 2.24) is 14.8 Å². The van der Waals surface area contributed by atoms with Gasteiger partial charge in [0.1, 0.15) is 0 Å². The lowest BCUT2D eigenvalue weighted by molar-refractivity contribution is 0.0664. The van der Waals surface area contributed by atoms with Gasteiger partial charge in [-0.3, -0.25) is 9.59 Å². The van der Waals surface area contributed by atoms with Crippen molar-refractivity contribution in [3.05, 3.63) is 71.8 Å². The lowest BCUT2D eigenvalue weighted by Crippen LogP contribution is -2.47. The molecule has 0 spiro atoms. The molecule has 3 aromatic carbocycles. The van der Waals surface area contributed by atoms with Gasteiger partial charge in [0.15, 0.2) is 0 Å². The molecule has 1 saturated heterocycles. The summed E-state index contributed by atoms with van der Waals surface area (Å²) in [4.78, 5) is 32.6. The van der Waals surface area contributed by atoms with Crippen LogP contribution in [0.3, 0.4) is 0 Å². The van der Waals surface area contributed by atoms with Crippen LogP contribution >= 0.6 is 0 Å². The van der Waals surface area contributed by atoms with E-state index in [1.54, 1.807) is 6.07 Å². The van der Waals surface area contributed by atoms with Gasteiger partial charge in [-0.1, -0.05) is 42.5 Å². The number of aromatic amines is 1. The van der Waals surface area contributed by atoms with Crippen LogP contribution in [0.5, 0.6) is 0 Å². The van der Waals surface area contributed by atoms with Crippen molar-refractivity contribution in [2.24, 2.45) is 5.73 Å². The Morgan fingerprint density at radius 3 is 2.39 bits per heavy atom. The molecule has 31 heavy (non-hydrogen) atoms. The molecule has 0 aliphatic carbocycles. The minimum absolute atomic E-state index is 0.0343. The first-order valence-electron chi connectivity index (χ1n) is 10.4.